The molecule has 0 atom stereocenters. The highest BCUT2D eigenvalue weighted by Crippen LogP contribution is 2.48. The number of anilines is 1. The number of hydrogen-bond donors (Lipinski definition) is 0. The minimum Gasteiger partial charge on any atom is -0.453 e. The Hall–Kier alpha value is -3.78. The molecule has 7 nitrogen and oxygen atoms in total. The lowest BCUT2D eigenvalue weighted by Crippen LogP contribution is -2.65. The van der Waals surface area contributed by atoms with Crippen LogP contribution in [0.5, 0.6) is 0 Å². The molecule has 4 aromatic rings. The number of thiazole rings is 1. The van der Waals surface area contributed by atoms with Crippen LogP contribution in [0.1, 0.15) is 11.3 Å². The maximum atomic E-state index is 13.8. The Morgan fingerprint density at radius 3 is 2.70 bits per heavy atom. The number of likely N-dealkylation sites (tertiary alicyclic amines) is 1. The van der Waals surface area contributed by atoms with Crippen molar-refractivity contribution in [1.29, 1.82) is 0 Å². The maximum Gasteiger partial charge on any atom is 0.409 e. The van der Waals surface area contributed by atoms with Crippen molar-refractivity contribution in [1.82, 2.24) is 14.9 Å². The molecule has 1 spiro atoms. The van der Waals surface area contributed by atoms with Gasteiger partial charge in [0, 0.05) is 42.1 Å². The van der Waals surface area contributed by atoms with Crippen molar-refractivity contribution in [2.45, 2.75) is 12.0 Å². The Labute approximate surface area is 194 Å². The van der Waals surface area contributed by atoms with Crippen molar-refractivity contribution in [3.8, 4) is 10.4 Å². The Balaban J connectivity index is 1.43. The first kappa shape index (κ1) is 19.9. The minimum absolute atomic E-state index is 0.00549. The van der Waals surface area contributed by atoms with Gasteiger partial charge in [-0.2, -0.15) is 0 Å². The van der Waals surface area contributed by atoms with E-state index in [1.165, 1.54) is 7.11 Å². The SMILES string of the molecule is COC(=O)N1CC2(C1)C(=O)N(Cc1ncc3ccccc3c1-c1cncs1)c1ccccc12. The molecule has 4 heterocycles. The van der Waals surface area contributed by atoms with Gasteiger partial charge in [0.2, 0.25) is 5.91 Å². The van der Waals surface area contributed by atoms with Gasteiger partial charge in [-0.15, -0.1) is 11.3 Å². The number of benzene rings is 2. The van der Waals surface area contributed by atoms with E-state index in [9.17, 15) is 9.59 Å². The number of amides is 2. The molecule has 0 N–H and O–H groups in total. The number of methoxy groups -OCH3 is 1. The molecule has 0 aliphatic carbocycles. The first-order chi connectivity index (χ1) is 16.1. The monoisotopic (exact) mass is 456 g/mol. The normalized spacial score (nSPS) is 16.2. The first-order valence-electron chi connectivity index (χ1n) is 10.6. The molecule has 1 saturated heterocycles. The maximum absolute atomic E-state index is 13.8. The molecular formula is C25H20N4O3S. The van der Waals surface area contributed by atoms with Crippen LogP contribution in [0.4, 0.5) is 10.5 Å². The van der Waals surface area contributed by atoms with Gasteiger partial charge in [0.1, 0.15) is 5.41 Å². The number of ether oxygens (including phenoxy) is 1. The fraction of sp³-hybridized carbons (Fsp3) is 0.200. The summed E-state index contributed by atoms with van der Waals surface area (Å²) in [6.07, 6.45) is 3.30. The summed E-state index contributed by atoms with van der Waals surface area (Å²) in [5.41, 5.74) is 4.73. The van der Waals surface area contributed by atoms with E-state index in [1.54, 1.807) is 16.2 Å². The van der Waals surface area contributed by atoms with Gasteiger partial charge in [-0.3, -0.25) is 14.8 Å². The van der Waals surface area contributed by atoms with Crippen LogP contribution in [-0.4, -0.2) is 47.1 Å². The third-order valence-electron chi connectivity index (χ3n) is 6.58. The highest BCUT2D eigenvalue weighted by atomic mass is 32.1. The van der Waals surface area contributed by atoms with Crippen molar-refractivity contribution >= 4 is 39.8 Å². The lowest BCUT2D eigenvalue weighted by Gasteiger charge is -2.45. The van der Waals surface area contributed by atoms with Crippen LogP contribution in [0.25, 0.3) is 21.2 Å². The Kier molecular flexibility index (Phi) is 4.45. The van der Waals surface area contributed by atoms with E-state index in [0.29, 0.717) is 19.6 Å². The van der Waals surface area contributed by atoms with Crippen molar-refractivity contribution in [2.24, 2.45) is 0 Å². The van der Waals surface area contributed by atoms with Crippen LogP contribution in [0.15, 0.2) is 66.4 Å². The average Bonchev–Trinajstić information content (AvgIpc) is 3.43. The quantitative estimate of drug-likeness (QED) is 0.461. The molecule has 0 unspecified atom stereocenters. The van der Waals surface area contributed by atoms with E-state index in [4.69, 9.17) is 9.72 Å². The zero-order valence-corrected chi connectivity index (χ0v) is 18.7. The summed E-state index contributed by atoms with van der Waals surface area (Å²) in [6.45, 7) is 0.978. The molecule has 2 aliphatic heterocycles. The largest absolute Gasteiger partial charge is 0.453 e. The summed E-state index contributed by atoms with van der Waals surface area (Å²) in [4.78, 5) is 39.2. The predicted molar refractivity (Wildman–Crippen MR) is 126 cm³/mol. The number of carbonyl (C=O) groups is 2. The molecular weight excluding hydrogens is 436 g/mol. The molecule has 1 fully saturated rings. The van der Waals surface area contributed by atoms with Crippen molar-refractivity contribution < 1.29 is 14.3 Å². The van der Waals surface area contributed by atoms with Gasteiger partial charge in [-0.05, 0) is 17.0 Å². The minimum atomic E-state index is -0.730. The molecule has 2 amide bonds. The van der Waals surface area contributed by atoms with Gasteiger partial charge in [-0.1, -0.05) is 42.5 Å². The van der Waals surface area contributed by atoms with E-state index in [2.05, 4.69) is 11.1 Å². The van der Waals surface area contributed by atoms with Gasteiger partial charge in [-0.25, -0.2) is 4.79 Å². The van der Waals surface area contributed by atoms with Crippen LogP contribution >= 0.6 is 11.3 Å². The molecule has 2 aromatic carbocycles. The zero-order chi connectivity index (χ0) is 22.6. The molecule has 2 aromatic heterocycles. The summed E-state index contributed by atoms with van der Waals surface area (Å²) in [5, 5.41) is 2.13. The molecule has 164 valence electrons. The summed E-state index contributed by atoms with van der Waals surface area (Å²) in [5.74, 6) is -0.00549. The second-order valence-electron chi connectivity index (χ2n) is 8.35. The van der Waals surface area contributed by atoms with Crippen LogP contribution < -0.4 is 4.90 Å². The highest BCUT2D eigenvalue weighted by molar-refractivity contribution is 7.13. The predicted octanol–water partition coefficient (Wildman–Crippen LogP) is 4.22. The fourth-order valence-corrected chi connectivity index (χ4v) is 5.71. The van der Waals surface area contributed by atoms with Crippen LogP contribution in [0.3, 0.4) is 0 Å². The van der Waals surface area contributed by atoms with E-state index in [1.807, 2.05) is 65.3 Å². The van der Waals surface area contributed by atoms with Crippen molar-refractivity contribution in [3.63, 3.8) is 0 Å². The molecule has 0 bridgehead atoms. The topological polar surface area (TPSA) is 75.6 Å². The molecule has 33 heavy (non-hydrogen) atoms. The van der Waals surface area contributed by atoms with E-state index in [0.717, 1.165) is 38.2 Å². The van der Waals surface area contributed by atoms with E-state index in [-0.39, 0.29) is 5.91 Å². The number of rotatable bonds is 3. The van der Waals surface area contributed by atoms with Gasteiger partial charge < -0.3 is 14.5 Å². The Bertz CT molecular complexity index is 1400. The van der Waals surface area contributed by atoms with E-state index < -0.39 is 11.5 Å². The first-order valence-corrected chi connectivity index (χ1v) is 11.5. The fourth-order valence-electron chi connectivity index (χ4n) is 5.01. The number of para-hydroxylation sites is 1. The Morgan fingerprint density at radius 1 is 1.12 bits per heavy atom. The van der Waals surface area contributed by atoms with Crippen LogP contribution in [-0.2, 0) is 21.5 Å². The van der Waals surface area contributed by atoms with Gasteiger partial charge in [0.15, 0.2) is 0 Å². The number of hydrogen-bond acceptors (Lipinski definition) is 6. The summed E-state index contributed by atoms with van der Waals surface area (Å²) in [7, 11) is 1.36. The number of aromatic nitrogens is 2. The number of carbonyl (C=O) groups excluding carboxylic acids is 2. The number of pyridine rings is 1. The average molecular weight is 457 g/mol. The highest BCUT2D eigenvalue weighted by Gasteiger charge is 2.59. The van der Waals surface area contributed by atoms with Crippen molar-refractivity contribution in [3.05, 3.63) is 77.7 Å². The second-order valence-corrected chi connectivity index (χ2v) is 9.24. The number of fused-ring (bicyclic) bond motifs is 3. The summed E-state index contributed by atoms with van der Waals surface area (Å²) in [6, 6.07) is 16.0. The van der Waals surface area contributed by atoms with Gasteiger partial charge in [0.25, 0.3) is 0 Å². The molecule has 0 radical (unpaired) electrons. The van der Waals surface area contributed by atoms with E-state index >= 15 is 0 Å². The molecule has 2 aliphatic rings. The Morgan fingerprint density at radius 2 is 1.91 bits per heavy atom. The molecule has 0 saturated carbocycles. The van der Waals surface area contributed by atoms with Crippen LogP contribution in [0, 0.1) is 0 Å². The number of nitrogens with zero attached hydrogens (tertiary/aromatic N) is 4. The zero-order valence-electron chi connectivity index (χ0n) is 17.9. The summed E-state index contributed by atoms with van der Waals surface area (Å²) >= 11 is 1.56. The van der Waals surface area contributed by atoms with Crippen LogP contribution in [0.2, 0.25) is 0 Å². The molecule has 6 rings (SSSR count). The second kappa shape index (κ2) is 7.38. The van der Waals surface area contributed by atoms with Gasteiger partial charge in [0.05, 0.1) is 29.7 Å². The third kappa shape index (κ3) is 2.87. The lowest BCUT2D eigenvalue weighted by molar-refractivity contribution is -0.128. The third-order valence-corrected chi connectivity index (χ3v) is 7.37. The lowest BCUT2D eigenvalue weighted by atomic mass is 9.75. The summed E-state index contributed by atoms with van der Waals surface area (Å²) < 4.78 is 4.85. The standard InChI is InChI=1S/C25H20N4O3S/c1-32-24(31)28-13-25(14-28)18-8-4-5-9-20(18)29(23(25)30)12-19-22(21-11-26-15-33-21)17-7-3-2-6-16(17)10-27-19/h2-11,15H,12-14H2,1H3. The molecule has 8 heteroatoms. The smallest absolute Gasteiger partial charge is 0.409 e. The van der Waals surface area contributed by atoms with Crippen molar-refractivity contribution in [2.75, 3.05) is 25.1 Å². The van der Waals surface area contributed by atoms with Gasteiger partial charge >= 0.3 is 6.09 Å².